The van der Waals surface area contributed by atoms with Gasteiger partial charge in [-0.15, -0.1) is 0 Å². The quantitative estimate of drug-likeness (QED) is 0.714. The SMILES string of the molecule is C(=C\c1nnon1)/c1cc[nH]c1. The lowest BCUT2D eigenvalue weighted by atomic mass is 10.3. The molecule has 0 fully saturated rings. The van der Waals surface area contributed by atoms with Crippen LogP contribution in [-0.2, 0) is 0 Å². The summed E-state index contributed by atoms with van der Waals surface area (Å²) in [5.41, 5.74) is 1.06. The van der Waals surface area contributed by atoms with Crippen molar-refractivity contribution >= 4 is 12.2 Å². The summed E-state index contributed by atoms with van der Waals surface area (Å²) >= 11 is 0. The Hall–Kier alpha value is -1.91. The molecule has 2 heterocycles. The summed E-state index contributed by atoms with van der Waals surface area (Å²) in [6.45, 7) is 0. The molecule has 0 bridgehead atoms. The standard InChI is InChI=1S/C7H6N4O/c1(6-3-4-8-5-6)2-7-9-11-12-10-7/h1-5,8H/b2-1+. The van der Waals surface area contributed by atoms with Crippen molar-refractivity contribution < 1.29 is 4.63 Å². The van der Waals surface area contributed by atoms with Crippen LogP contribution in [-0.4, -0.2) is 20.5 Å². The van der Waals surface area contributed by atoms with Gasteiger partial charge in [0, 0.05) is 12.4 Å². The lowest BCUT2D eigenvalue weighted by Crippen LogP contribution is -1.73. The second-order valence-corrected chi connectivity index (χ2v) is 2.19. The molecule has 1 N–H and O–H groups in total. The average molecular weight is 162 g/mol. The molecule has 0 aliphatic heterocycles. The summed E-state index contributed by atoms with van der Waals surface area (Å²) in [6.07, 6.45) is 7.29. The first kappa shape index (κ1) is 6.78. The molecule has 0 saturated heterocycles. The van der Waals surface area contributed by atoms with Gasteiger partial charge in [-0.2, -0.15) is 0 Å². The Bertz CT molecular complexity index is 312. The van der Waals surface area contributed by atoms with Crippen molar-refractivity contribution in [3.8, 4) is 0 Å². The highest BCUT2D eigenvalue weighted by atomic mass is 16.6. The van der Waals surface area contributed by atoms with Gasteiger partial charge in [0.25, 0.3) is 0 Å². The van der Waals surface area contributed by atoms with E-state index in [4.69, 9.17) is 0 Å². The number of nitrogens with zero attached hydrogens (tertiary/aromatic N) is 3. The van der Waals surface area contributed by atoms with Crippen molar-refractivity contribution in [2.45, 2.75) is 0 Å². The first-order valence-electron chi connectivity index (χ1n) is 3.41. The number of hydrogen-bond donors (Lipinski definition) is 1. The normalized spacial score (nSPS) is 11.0. The van der Waals surface area contributed by atoms with Gasteiger partial charge in [0.05, 0.1) is 5.27 Å². The third kappa shape index (κ3) is 1.39. The zero-order valence-corrected chi connectivity index (χ0v) is 6.14. The fourth-order valence-corrected chi connectivity index (χ4v) is 0.813. The number of rotatable bonds is 2. The molecule has 5 heteroatoms. The number of H-pyrrole nitrogens is 1. The van der Waals surface area contributed by atoms with Gasteiger partial charge >= 0.3 is 0 Å². The molecule has 0 aliphatic rings. The summed E-state index contributed by atoms with van der Waals surface area (Å²) < 4.78 is 4.31. The van der Waals surface area contributed by atoms with Crippen molar-refractivity contribution in [3.05, 3.63) is 29.8 Å². The van der Waals surface area contributed by atoms with E-state index < -0.39 is 0 Å². The molecule has 2 aromatic heterocycles. The smallest absolute Gasteiger partial charge is 0.219 e. The molecule has 0 spiro atoms. The van der Waals surface area contributed by atoms with Crippen LogP contribution in [0.15, 0.2) is 23.1 Å². The van der Waals surface area contributed by atoms with Gasteiger partial charge in [0.2, 0.25) is 5.82 Å². The first-order chi connectivity index (χ1) is 5.95. The van der Waals surface area contributed by atoms with Gasteiger partial charge in [0.1, 0.15) is 0 Å². The van der Waals surface area contributed by atoms with E-state index in [9.17, 15) is 0 Å². The molecule has 0 radical (unpaired) electrons. The fraction of sp³-hybridized carbons (Fsp3) is 0. The lowest BCUT2D eigenvalue weighted by molar-refractivity contribution is 0.292. The molecule has 0 amide bonds. The van der Waals surface area contributed by atoms with E-state index in [0.29, 0.717) is 5.82 Å². The molecule has 0 unspecified atom stereocenters. The molecule has 60 valence electrons. The van der Waals surface area contributed by atoms with Gasteiger partial charge in [-0.1, -0.05) is 5.10 Å². The van der Waals surface area contributed by atoms with E-state index in [1.54, 1.807) is 6.08 Å². The predicted molar refractivity (Wildman–Crippen MR) is 41.8 cm³/mol. The summed E-state index contributed by atoms with van der Waals surface area (Å²) in [7, 11) is 0. The molecule has 12 heavy (non-hydrogen) atoms. The molecule has 0 aliphatic carbocycles. The van der Waals surface area contributed by atoms with Crippen molar-refractivity contribution in [2.24, 2.45) is 0 Å². The minimum atomic E-state index is 0.469. The van der Waals surface area contributed by atoms with Crippen LogP contribution in [0.3, 0.4) is 0 Å². The first-order valence-corrected chi connectivity index (χ1v) is 3.41. The van der Waals surface area contributed by atoms with E-state index in [0.717, 1.165) is 5.56 Å². The zero-order chi connectivity index (χ0) is 8.23. The fourth-order valence-electron chi connectivity index (χ4n) is 0.813. The lowest BCUT2D eigenvalue weighted by Gasteiger charge is -1.78. The summed E-state index contributed by atoms with van der Waals surface area (Å²) in [5, 5.41) is 10.3. The largest absolute Gasteiger partial charge is 0.367 e. The second-order valence-electron chi connectivity index (χ2n) is 2.19. The van der Waals surface area contributed by atoms with E-state index in [1.165, 1.54) is 0 Å². The minimum Gasteiger partial charge on any atom is -0.367 e. The van der Waals surface area contributed by atoms with Crippen LogP contribution in [0.2, 0.25) is 0 Å². The van der Waals surface area contributed by atoms with Crippen LogP contribution in [0, 0.1) is 0 Å². The Morgan fingerprint density at radius 1 is 1.42 bits per heavy atom. The minimum absolute atomic E-state index is 0.469. The zero-order valence-electron chi connectivity index (χ0n) is 6.14. The van der Waals surface area contributed by atoms with Crippen molar-refractivity contribution in [2.75, 3.05) is 0 Å². The van der Waals surface area contributed by atoms with Crippen LogP contribution in [0.5, 0.6) is 0 Å². The third-order valence-corrected chi connectivity index (χ3v) is 1.36. The molecule has 5 nitrogen and oxygen atoms in total. The van der Waals surface area contributed by atoms with Crippen LogP contribution < -0.4 is 0 Å². The van der Waals surface area contributed by atoms with Gasteiger partial charge < -0.3 is 4.98 Å². The second kappa shape index (κ2) is 3.00. The Morgan fingerprint density at radius 3 is 3.08 bits per heavy atom. The van der Waals surface area contributed by atoms with E-state index >= 15 is 0 Å². The van der Waals surface area contributed by atoms with E-state index in [1.807, 2.05) is 24.5 Å². The molecule has 2 aromatic rings. The summed E-state index contributed by atoms with van der Waals surface area (Å²) in [4.78, 5) is 2.93. The summed E-state index contributed by atoms with van der Waals surface area (Å²) in [6, 6.07) is 1.93. The van der Waals surface area contributed by atoms with Crippen molar-refractivity contribution in [1.29, 1.82) is 0 Å². The molecular formula is C7H6N4O. The number of aromatic nitrogens is 4. The maximum absolute atomic E-state index is 4.31. The van der Waals surface area contributed by atoms with E-state index in [-0.39, 0.29) is 0 Å². The highest BCUT2D eigenvalue weighted by Crippen LogP contribution is 2.01. The van der Waals surface area contributed by atoms with Crippen LogP contribution >= 0.6 is 0 Å². The van der Waals surface area contributed by atoms with E-state index in [2.05, 4.69) is 25.1 Å². The Morgan fingerprint density at radius 2 is 2.42 bits per heavy atom. The number of nitrogens with one attached hydrogen (secondary N) is 1. The summed E-state index contributed by atoms with van der Waals surface area (Å²) in [5.74, 6) is 0.469. The maximum atomic E-state index is 4.31. The van der Waals surface area contributed by atoms with Gasteiger partial charge in [0.15, 0.2) is 0 Å². The Labute approximate surface area is 68.1 Å². The highest BCUT2D eigenvalue weighted by Gasteiger charge is 1.91. The average Bonchev–Trinajstić information content (AvgIpc) is 2.74. The molecule has 0 saturated carbocycles. The molecule has 0 aromatic carbocycles. The maximum Gasteiger partial charge on any atom is 0.219 e. The van der Waals surface area contributed by atoms with Gasteiger partial charge in [-0.25, -0.2) is 4.63 Å². The third-order valence-electron chi connectivity index (χ3n) is 1.36. The molecule has 2 rings (SSSR count). The van der Waals surface area contributed by atoms with Crippen LogP contribution in [0.1, 0.15) is 11.4 Å². The van der Waals surface area contributed by atoms with Crippen molar-refractivity contribution in [3.63, 3.8) is 0 Å². The molecule has 0 atom stereocenters. The monoisotopic (exact) mass is 162 g/mol. The van der Waals surface area contributed by atoms with Gasteiger partial charge in [-0.05, 0) is 28.9 Å². The van der Waals surface area contributed by atoms with Crippen LogP contribution in [0.4, 0.5) is 0 Å². The van der Waals surface area contributed by atoms with Gasteiger partial charge in [-0.3, -0.25) is 0 Å². The van der Waals surface area contributed by atoms with Crippen LogP contribution in [0.25, 0.3) is 12.2 Å². The number of hydrogen-bond acceptors (Lipinski definition) is 4. The predicted octanol–water partition coefficient (Wildman–Crippen LogP) is 0.963. The Balaban J connectivity index is 2.14. The number of aromatic amines is 1. The topological polar surface area (TPSA) is 67.6 Å². The Kier molecular flexibility index (Phi) is 1.69. The highest BCUT2D eigenvalue weighted by molar-refractivity contribution is 5.65. The van der Waals surface area contributed by atoms with Crippen molar-refractivity contribution in [1.82, 2.24) is 20.5 Å². The molecular weight excluding hydrogens is 156 g/mol.